The van der Waals surface area contributed by atoms with Crippen LogP contribution in [0.2, 0.25) is 21.6 Å². The zero-order valence-corrected chi connectivity index (χ0v) is 35.1. The number of anilines is 1. The van der Waals surface area contributed by atoms with Gasteiger partial charge >= 0.3 is 6.01 Å². The van der Waals surface area contributed by atoms with E-state index in [4.69, 9.17) is 26.3 Å². The summed E-state index contributed by atoms with van der Waals surface area (Å²) in [6.07, 6.45) is 4.89. The maximum Gasteiger partial charge on any atom is 0.319 e. The molecule has 4 fully saturated rings. The van der Waals surface area contributed by atoms with Crippen LogP contribution >= 0.6 is 11.6 Å². The highest BCUT2D eigenvalue weighted by molar-refractivity contribution is 6.90. The Labute approximate surface area is 330 Å². The van der Waals surface area contributed by atoms with E-state index in [1.807, 2.05) is 19.1 Å². The molecule has 0 radical (unpaired) electrons. The normalized spacial score (nSPS) is 24.1. The molecule has 1 aromatic heterocycles. The first kappa shape index (κ1) is 38.5. The first-order valence-electron chi connectivity index (χ1n) is 20.4. The molecule has 5 nitrogen and oxygen atoms in total. The van der Waals surface area contributed by atoms with Gasteiger partial charge in [-0.15, -0.1) is 5.54 Å². The van der Waals surface area contributed by atoms with Gasteiger partial charge in [-0.3, -0.25) is 4.90 Å². The van der Waals surface area contributed by atoms with Crippen molar-refractivity contribution in [2.24, 2.45) is 11.8 Å². The topological polar surface area (TPSA) is 41.5 Å². The number of hydrogen-bond acceptors (Lipinski definition) is 5. The summed E-state index contributed by atoms with van der Waals surface area (Å²) in [6, 6.07) is 8.93. The first-order valence-corrected chi connectivity index (χ1v) is 23.0. The number of ether oxygens (including phenoxy) is 1. The summed E-state index contributed by atoms with van der Waals surface area (Å²) in [7, 11) is -2.24. The van der Waals surface area contributed by atoms with E-state index in [0.717, 1.165) is 43.4 Å². The van der Waals surface area contributed by atoms with Crippen LogP contribution in [-0.4, -0.2) is 67.4 Å². The van der Waals surface area contributed by atoms with Crippen molar-refractivity contribution in [1.29, 1.82) is 0 Å². The first-order chi connectivity index (χ1) is 26.2. The number of hydrogen-bond donors (Lipinski definition) is 0. The predicted octanol–water partition coefficient (Wildman–Crippen LogP) is 11.5. The minimum absolute atomic E-state index is 0.0835. The van der Waals surface area contributed by atoms with Crippen LogP contribution in [0.4, 0.5) is 19.0 Å². The van der Waals surface area contributed by atoms with E-state index in [0.29, 0.717) is 63.6 Å². The summed E-state index contributed by atoms with van der Waals surface area (Å²) >= 11 is 7.19. The van der Waals surface area contributed by atoms with Gasteiger partial charge in [0.25, 0.3) is 0 Å². The van der Waals surface area contributed by atoms with Gasteiger partial charge in [0.2, 0.25) is 0 Å². The zero-order chi connectivity index (χ0) is 39.0. The van der Waals surface area contributed by atoms with Gasteiger partial charge in [-0.1, -0.05) is 77.3 Å². The van der Waals surface area contributed by atoms with Gasteiger partial charge in [0.15, 0.2) is 5.82 Å². The standard InChI is InChI=1S/C45H54ClF3N4OSi/c1-26(2)55(27(3)4,28(5)6)16-13-34-38(48)12-11-32-17-29(7)18-35(39(32)34)40-37(46)20-36-42(41(40)49)50-44(51-43(36)52-22-30-9-10-31(19-30)23-52)54-25-45-14-8-15-53(45)24-33(47)21-45/h11-12,17-18,20,26-28,30-31,33H,8-10,14-15,19,21-25H2,1-7H3/t30?,31?,33-,45+/m1/s1. The van der Waals surface area contributed by atoms with Crippen LogP contribution in [0, 0.1) is 41.9 Å². The molecule has 3 aliphatic heterocycles. The van der Waals surface area contributed by atoms with E-state index in [1.54, 1.807) is 12.1 Å². The third-order valence-electron chi connectivity index (χ3n) is 13.7. The molecule has 292 valence electrons. The summed E-state index contributed by atoms with van der Waals surface area (Å²) < 4.78 is 54.9. The lowest BCUT2D eigenvalue weighted by Gasteiger charge is -2.38. The largest absolute Gasteiger partial charge is 0.461 e. The highest BCUT2D eigenvalue weighted by Crippen LogP contribution is 2.46. The highest BCUT2D eigenvalue weighted by atomic mass is 35.5. The maximum atomic E-state index is 17.7. The Balaban J connectivity index is 1.31. The summed E-state index contributed by atoms with van der Waals surface area (Å²) in [5.41, 5.74) is 6.26. The molecule has 55 heavy (non-hydrogen) atoms. The lowest BCUT2D eigenvalue weighted by molar-refractivity contribution is 0.107. The molecule has 4 atom stereocenters. The van der Waals surface area contributed by atoms with Crippen LogP contribution in [0.1, 0.15) is 91.2 Å². The number of piperidine rings is 1. The molecule has 8 rings (SSSR count). The fourth-order valence-electron chi connectivity index (χ4n) is 11.3. The molecule has 1 saturated carbocycles. The van der Waals surface area contributed by atoms with Crippen LogP contribution in [0.25, 0.3) is 32.8 Å². The molecular formula is C45H54ClF3N4OSi. The van der Waals surface area contributed by atoms with Crippen molar-refractivity contribution in [1.82, 2.24) is 14.9 Å². The number of nitrogens with zero attached hydrogens (tertiary/aromatic N) is 4. The summed E-state index contributed by atoms with van der Waals surface area (Å²) in [4.78, 5) is 14.2. The highest BCUT2D eigenvalue weighted by Gasteiger charge is 2.49. The monoisotopic (exact) mass is 786 g/mol. The number of halogens is 4. The van der Waals surface area contributed by atoms with Crippen LogP contribution in [0.5, 0.6) is 6.01 Å². The van der Waals surface area contributed by atoms with Gasteiger partial charge in [0, 0.05) is 42.4 Å². The van der Waals surface area contributed by atoms with Gasteiger partial charge in [-0.05, 0) is 103 Å². The molecule has 4 heterocycles. The third-order valence-corrected chi connectivity index (χ3v) is 20.3. The molecule has 10 heteroatoms. The van der Waals surface area contributed by atoms with Crippen LogP contribution in [0.3, 0.4) is 0 Å². The van der Waals surface area contributed by atoms with E-state index in [2.05, 4.69) is 62.8 Å². The van der Waals surface area contributed by atoms with Crippen LogP contribution in [0.15, 0.2) is 30.3 Å². The Hall–Kier alpha value is -3.32. The average molecular weight is 787 g/mol. The number of rotatable bonds is 8. The van der Waals surface area contributed by atoms with Gasteiger partial charge in [0.1, 0.15) is 38.0 Å². The molecule has 3 saturated heterocycles. The molecule has 3 aromatic carbocycles. The number of alkyl halides is 1. The van der Waals surface area contributed by atoms with E-state index in [9.17, 15) is 4.39 Å². The second-order valence-electron chi connectivity index (χ2n) is 18.1. The minimum Gasteiger partial charge on any atom is -0.461 e. The van der Waals surface area contributed by atoms with Crippen molar-refractivity contribution < 1.29 is 17.9 Å². The molecule has 2 bridgehead atoms. The van der Waals surface area contributed by atoms with Crippen molar-refractivity contribution >= 4 is 47.2 Å². The fraction of sp³-hybridized carbons (Fsp3) is 0.556. The maximum absolute atomic E-state index is 17.7. The predicted molar refractivity (Wildman–Crippen MR) is 222 cm³/mol. The van der Waals surface area contributed by atoms with E-state index in [-0.39, 0.29) is 34.3 Å². The quantitative estimate of drug-likeness (QED) is 0.131. The van der Waals surface area contributed by atoms with Gasteiger partial charge in [-0.25, -0.2) is 13.2 Å². The Morgan fingerprint density at radius 1 is 0.982 bits per heavy atom. The van der Waals surface area contributed by atoms with Gasteiger partial charge < -0.3 is 9.64 Å². The Kier molecular flexibility index (Phi) is 10.2. The van der Waals surface area contributed by atoms with Crippen LogP contribution < -0.4 is 9.64 Å². The number of fused-ring (bicyclic) bond motifs is 5. The van der Waals surface area contributed by atoms with Crippen molar-refractivity contribution in [2.45, 2.75) is 115 Å². The summed E-state index contributed by atoms with van der Waals surface area (Å²) in [6.45, 7) is 18.5. The molecule has 4 aliphatic rings. The Morgan fingerprint density at radius 3 is 2.38 bits per heavy atom. The minimum atomic E-state index is -2.24. The van der Waals surface area contributed by atoms with E-state index in [1.165, 1.54) is 25.3 Å². The van der Waals surface area contributed by atoms with Gasteiger partial charge in [0.05, 0.1) is 16.1 Å². The van der Waals surface area contributed by atoms with E-state index < -0.39 is 31.4 Å². The van der Waals surface area contributed by atoms with Gasteiger partial charge in [-0.2, -0.15) is 9.97 Å². The second-order valence-corrected chi connectivity index (χ2v) is 24.1. The number of aromatic nitrogens is 2. The molecule has 0 N–H and O–H groups in total. The molecule has 0 amide bonds. The SMILES string of the molecule is Cc1cc(-c2c(Cl)cc3c(N4CC5CCC(C5)C4)nc(OC[C@@]45CCCN4C[C@H](F)C5)nc3c2F)c2c(C#C[Si](C(C)C)(C(C)C)C(C)C)c(F)ccc2c1. The average Bonchev–Trinajstić information content (AvgIpc) is 3.77. The molecule has 1 aliphatic carbocycles. The summed E-state index contributed by atoms with van der Waals surface area (Å²) in [5, 5.41) is 2.03. The smallest absolute Gasteiger partial charge is 0.319 e. The van der Waals surface area contributed by atoms with Crippen molar-refractivity contribution in [2.75, 3.05) is 37.7 Å². The lowest BCUT2D eigenvalue weighted by Crippen LogP contribution is -2.43. The molecule has 0 spiro atoms. The molecule has 2 unspecified atom stereocenters. The lowest BCUT2D eigenvalue weighted by atomic mass is 9.91. The van der Waals surface area contributed by atoms with Crippen molar-refractivity contribution in [3.63, 3.8) is 0 Å². The fourth-order valence-corrected chi connectivity index (χ4v) is 16.8. The number of benzene rings is 3. The van der Waals surface area contributed by atoms with Crippen molar-refractivity contribution in [3.8, 4) is 28.6 Å². The van der Waals surface area contributed by atoms with E-state index >= 15 is 8.78 Å². The summed E-state index contributed by atoms with van der Waals surface area (Å²) in [5.74, 6) is 4.05. The second kappa shape index (κ2) is 14.6. The third kappa shape index (κ3) is 6.62. The zero-order valence-electron chi connectivity index (χ0n) is 33.3. The van der Waals surface area contributed by atoms with Crippen molar-refractivity contribution in [3.05, 3.63) is 58.1 Å². The Bertz CT molecular complexity index is 2180. The molecule has 4 aromatic rings. The number of aryl methyl sites for hydroxylation is 1. The Morgan fingerprint density at radius 2 is 1.69 bits per heavy atom. The van der Waals surface area contributed by atoms with Crippen LogP contribution in [-0.2, 0) is 0 Å². The molecular weight excluding hydrogens is 733 g/mol.